The van der Waals surface area contributed by atoms with Crippen LogP contribution in [0.2, 0.25) is 10.0 Å². The molecule has 0 amide bonds. The van der Waals surface area contributed by atoms with Gasteiger partial charge in [-0.25, -0.2) is 4.98 Å². The zero-order valence-electron chi connectivity index (χ0n) is 11.3. The summed E-state index contributed by atoms with van der Waals surface area (Å²) >= 11 is 12.1. The number of hydrogen-bond acceptors (Lipinski definition) is 2. The van der Waals surface area contributed by atoms with Gasteiger partial charge in [0.25, 0.3) is 0 Å². The van der Waals surface area contributed by atoms with Gasteiger partial charge < -0.3 is 5.32 Å². The number of rotatable bonds is 4. The average molecular weight is 317 g/mol. The lowest BCUT2D eigenvalue weighted by molar-refractivity contribution is 1.01. The summed E-state index contributed by atoms with van der Waals surface area (Å²) in [7, 11) is 0. The Labute approximate surface area is 133 Å². The van der Waals surface area contributed by atoms with Gasteiger partial charge in [0.2, 0.25) is 0 Å². The molecule has 3 rings (SSSR count). The highest BCUT2D eigenvalue weighted by atomic mass is 35.5. The van der Waals surface area contributed by atoms with Crippen LogP contribution < -0.4 is 5.32 Å². The van der Waals surface area contributed by atoms with E-state index in [9.17, 15) is 0 Å². The third-order valence-electron chi connectivity index (χ3n) is 3.38. The van der Waals surface area contributed by atoms with Gasteiger partial charge in [-0.3, -0.25) is 0 Å². The molecule has 0 saturated carbocycles. The average Bonchev–Trinajstić information content (AvgIpc) is 2.50. The highest BCUT2D eigenvalue weighted by Gasteiger charge is 2.03. The van der Waals surface area contributed by atoms with Crippen LogP contribution in [0.5, 0.6) is 0 Å². The van der Waals surface area contributed by atoms with Crippen molar-refractivity contribution >= 4 is 39.8 Å². The molecule has 0 unspecified atom stereocenters. The van der Waals surface area contributed by atoms with Gasteiger partial charge in [-0.05, 0) is 35.6 Å². The first kappa shape index (κ1) is 14.2. The molecule has 0 saturated heterocycles. The minimum Gasteiger partial charge on any atom is -0.369 e. The number of halogens is 2. The molecule has 2 aromatic carbocycles. The summed E-state index contributed by atoms with van der Waals surface area (Å²) in [5.41, 5.74) is 1.08. The fourth-order valence-corrected chi connectivity index (χ4v) is 2.80. The second-order valence-electron chi connectivity index (χ2n) is 4.79. The topological polar surface area (TPSA) is 24.9 Å². The van der Waals surface area contributed by atoms with Crippen LogP contribution >= 0.6 is 23.2 Å². The van der Waals surface area contributed by atoms with Gasteiger partial charge in [-0.2, -0.15) is 0 Å². The van der Waals surface area contributed by atoms with Crippen molar-refractivity contribution in [2.24, 2.45) is 0 Å². The summed E-state index contributed by atoms with van der Waals surface area (Å²) in [5, 5.41) is 7.05. The van der Waals surface area contributed by atoms with Crippen molar-refractivity contribution < 1.29 is 0 Å². The van der Waals surface area contributed by atoms with Crippen molar-refractivity contribution in [1.29, 1.82) is 0 Å². The van der Waals surface area contributed by atoms with Crippen LogP contribution in [0.15, 0.2) is 54.7 Å². The van der Waals surface area contributed by atoms with Crippen molar-refractivity contribution in [1.82, 2.24) is 4.98 Å². The summed E-state index contributed by atoms with van der Waals surface area (Å²) in [6.07, 6.45) is 2.64. The van der Waals surface area contributed by atoms with Gasteiger partial charge in [-0.1, -0.05) is 53.5 Å². The molecule has 0 radical (unpaired) electrons. The Hall–Kier alpha value is -1.77. The van der Waals surface area contributed by atoms with E-state index < -0.39 is 0 Å². The number of nitrogens with zero attached hydrogens (tertiary/aromatic N) is 1. The lowest BCUT2D eigenvalue weighted by atomic mass is 10.1. The predicted molar refractivity (Wildman–Crippen MR) is 90.4 cm³/mol. The van der Waals surface area contributed by atoms with E-state index in [0.717, 1.165) is 29.7 Å². The van der Waals surface area contributed by atoms with E-state index >= 15 is 0 Å². The van der Waals surface area contributed by atoms with Crippen LogP contribution in [0, 0.1) is 0 Å². The lowest BCUT2D eigenvalue weighted by Gasteiger charge is -2.09. The summed E-state index contributed by atoms with van der Waals surface area (Å²) in [5.74, 6) is 0.901. The molecule has 3 aromatic rings. The minimum absolute atomic E-state index is 0.660. The van der Waals surface area contributed by atoms with E-state index in [2.05, 4.69) is 22.4 Å². The molecule has 0 spiro atoms. The first-order chi connectivity index (χ1) is 10.2. The number of fused-ring (bicyclic) bond motifs is 1. The van der Waals surface area contributed by atoms with Crippen molar-refractivity contribution in [2.75, 3.05) is 11.9 Å². The summed E-state index contributed by atoms with van der Waals surface area (Å²) in [6.45, 7) is 0.766. The molecule has 1 aromatic heterocycles. The van der Waals surface area contributed by atoms with Gasteiger partial charge in [0, 0.05) is 28.2 Å². The van der Waals surface area contributed by atoms with Crippen LogP contribution in [0.1, 0.15) is 5.56 Å². The van der Waals surface area contributed by atoms with E-state index in [1.165, 1.54) is 5.39 Å². The van der Waals surface area contributed by atoms with Crippen molar-refractivity contribution in [3.63, 3.8) is 0 Å². The molecule has 0 aliphatic heterocycles. The van der Waals surface area contributed by atoms with Gasteiger partial charge in [0.15, 0.2) is 0 Å². The molecular weight excluding hydrogens is 303 g/mol. The third-order valence-corrected chi connectivity index (χ3v) is 3.96. The minimum atomic E-state index is 0.660. The standard InChI is InChI=1S/C17H14Cl2N2/c18-14-6-5-13(16(19)11-14)8-10-21-17-15-4-2-1-3-12(15)7-9-20-17/h1-7,9,11H,8,10H2,(H,20,21). The molecule has 21 heavy (non-hydrogen) atoms. The Morgan fingerprint density at radius 1 is 1.00 bits per heavy atom. The van der Waals surface area contributed by atoms with Crippen LogP contribution in [-0.4, -0.2) is 11.5 Å². The zero-order valence-corrected chi connectivity index (χ0v) is 12.8. The van der Waals surface area contributed by atoms with Gasteiger partial charge >= 0.3 is 0 Å². The van der Waals surface area contributed by atoms with Crippen molar-refractivity contribution in [3.8, 4) is 0 Å². The monoisotopic (exact) mass is 316 g/mol. The Morgan fingerprint density at radius 3 is 2.71 bits per heavy atom. The van der Waals surface area contributed by atoms with E-state index in [1.54, 1.807) is 6.07 Å². The maximum absolute atomic E-state index is 6.18. The maximum atomic E-state index is 6.18. The second kappa shape index (κ2) is 6.33. The molecule has 0 aliphatic carbocycles. The molecule has 0 bridgehead atoms. The van der Waals surface area contributed by atoms with Crippen LogP contribution in [0.3, 0.4) is 0 Å². The summed E-state index contributed by atoms with van der Waals surface area (Å²) < 4.78 is 0. The summed E-state index contributed by atoms with van der Waals surface area (Å²) in [4.78, 5) is 4.41. The van der Waals surface area contributed by atoms with Crippen molar-refractivity contribution in [3.05, 3.63) is 70.3 Å². The number of benzene rings is 2. The lowest BCUT2D eigenvalue weighted by Crippen LogP contribution is -2.07. The number of hydrogen-bond donors (Lipinski definition) is 1. The maximum Gasteiger partial charge on any atom is 0.133 e. The van der Waals surface area contributed by atoms with E-state index in [1.807, 2.05) is 36.5 Å². The number of aromatic nitrogens is 1. The molecule has 0 atom stereocenters. The number of pyridine rings is 1. The van der Waals surface area contributed by atoms with Gasteiger partial charge in [-0.15, -0.1) is 0 Å². The van der Waals surface area contributed by atoms with Crippen molar-refractivity contribution in [2.45, 2.75) is 6.42 Å². The molecule has 0 aliphatic rings. The van der Waals surface area contributed by atoms with Gasteiger partial charge in [0.1, 0.15) is 5.82 Å². The fraction of sp³-hybridized carbons (Fsp3) is 0.118. The fourth-order valence-electron chi connectivity index (χ4n) is 2.30. The highest BCUT2D eigenvalue weighted by molar-refractivity contribution is 6.35. The smallest absolute Gasteiger partial charge is 0.133 e. The first-order valence-electron chi connectivity index (χ1n) is 6.75. The SMILES string of the molecule is Clc1ccc(CCNc2nccc3ccccc23)c(Cl)c1. The largest absolute Gasteiger partial charge is 0.369 e. The quantitative estimate of drug-likeness (QED) is 0.716. The van der Waals surface area contributed by atoms with E-state index in [-0.39, 0.29) is 0 Å². The number of anilines is 1. The van der Waals surface area contributed by atoms with Crippen LogP contribution in [-0.2, 0) is 6.42 Å². The van der Waals surface area contributed by atoms with Gasteiger partial charge in [0.05, 0.1) is 0 Å². The predicted octanol–water partition coefficient (Wildman–Crippen LogP) is 5.20. The summed E-state index contributed by atoms with van der Waals surface area (Å²) in [6, 6.07) is 15.8. The molecule has 106 valence electrons. The third kappa shape index (κ3) is 3.29. The molecule has 1 heterocycles. The Bertz CT molecular complexity index is 766. The molecular formula is C17H14Cl2N2. The van der Waals surface area contributed by atoms with E-state index in [0.29, 0.717) is 10.0 Å². The Morgan fingerprint density at radius 2 is 1.86 bits per heavy atom. The normalized spacial score (nSPS) is 10.8. The molecule has 0 fully saturated rings. The molecule has 2 nitrogen and oxygen atoms in total. The second-order valence-corrected chi connectivity index (χ2v) is 5.64. The zero-order chi connectivity index (χ0) is 14.7. The molecule has 4 heteroatoms. The van der Waals surface area contributed by atoms with E-state index in [4.69, 9.17) is 23.2 Å². The highest BCUT2D eigenvalue weighted by Crippen LogP contribution is 2.23. The van der Waals surface area contributed by atoms with Crippen LogP contribution in [0.25, 0.3) is 10.8 Å². The first-order valence-corrected chi connectivity index (χ1v) is 7.51. The Kier molecular flexibility index (Phi) is 4.28. The molecule has 1 N–H and O–H groups in total. The Balaban J connectivity index is 1.72. The number of nitrogens with one attached hydrogen (secondary N) is 1. The van der Waals surface area contributed by atoms with Crippen LogP contribution in [0.4, 0.5) is 5.82 Å².